The molecule has 0 unspecified atom stereocenters. The first kappa shape index (κ1) is 11.6. The number of anilines is 1. The van der Waals surface area contributed by atoms with Gasteiger partial charge in [0.05, 0.1) is 19.3 Å². The molecule has 0 radical (unpaired) electrons. The van der Waals surface area contributed by atoms with Gasteiger partial charge in [-0.2, -0.15) is 0 Å². The predicted octanol–water partition coefficient (Wildman–Crippen LogP) is 3.25. The number of thioether (sulfide) groups is 1. The van der Waals surface area contributed by atoms with Crippen molar-refractivity contribution in [2.75, 3.05) is 19.0 Å². The molecule has 1 aromatic carbocycles. The molecule has 1 atom stereocenters. The van der Waals surface area contributed by atoms with Gasteiger partial charge in [0.25, 0.3) is 0 Å². The molecule has 5 heteroatoms. The van der Waals surface area contributed by atoms with E-state index in [2.05, 4.69) is 17.2 Å². The highest BCUT2D eigenvalue weighted by Gasteiger charge is 2.16. The van der Waals surface area contributed by atoms with Crippen molar-refractivity contribution >= 4 is 34.2 Å². The lowest BCUT2D eigenvalue weighted by molar-refractivity contribution is 0.417. The molecule has 0 aliphatic carbocycles. The van der Waals surface area contributed by atoms with E-state index in [1.165, 1.54) is 0 Å². The van der Waals surface area contributed by atoms with Crippen molar-refractivity contribution in [2.45, 2.75) is 12.2 Å². The molecular formula is C11H13ClN2OS. The summed E-state index contributed by atoms with van der Waals surface area (Å²) in [6, 6.07) is 5.48. The fourth-order valence-electron chi connectivity index (χ4n) is 1.44. The van der Waals surface area contributed by atoms with E-state index in [4.69, 9.17) is 16.3 Å². The van der Waals surface area contributed by atoms with Crippen LogP contribution in [-0.2, 0) is 0 Å². The number of nitrogens with one attached hydrogen (secondary N) is 1. The zero-order chi connectivity index (χ0) is 11.5. The van der Waals surface area contributed by atoms with Crippen LogP contribution in [0.3, 0.4) is 0 Å². The number of halogens is 1. The first-order chi connectivity index (χ1) is 7.69. The van der Waals surface area contributed by atoms with Crippen molar-refractivity contribution in [3.63, 3.8) is 0 Å². The van der Waals surface area contributed by atoms with Crippen molar-refractivity contribution in [1.29, 1.82) is 0 Å². The smallest absolute Gasteiger partial charge is 0.161 e. The fourth-order valence-corrected chi connectivity index (χ4v) is 2.46. The predicted molar refractivity (Wildman–Crippen MR) is 71.0 cm³/mol. The largest absolute Gasteiger partial charge is 0.495 e. The van der Waals surface area contributed by atoms with Crippen LogP contribution in [0, 0.1) is 0 Å². The summed E-state index contributed by atoms with van der Waals surface area (Å²) in [6.45, 7) is 3.01. The molecule has 0 saturated carbocycles. The van der Waals surface area contributed by atoms with Gasteiger partial charge in [0.2, 0.25) is 0 Å². The number of rotatable bonds is 2. The third-order valence-corrected chi connectivity index (χ3v) is 3.45. The number of methoxy groups -OCH3 is 1. The molecule has 3 nitrogen and oxygen atoms in total. The Bertz CT molecular complexity index is 422. The second-order valence-corrected chi connectivity index (χ2v) is 5.41. The van der Waals surface area contributed by atoms with Gasteiger partial charge in [0.15, 0.2) is 5.17 Å². The molecule has 16 heavy (non-hydrogen) atoms. The van der Waals surface area contributed by atoms with Gasteiger partial charge in [-0.3, -0.25) is 4.99 Å². The van der Waals surface area contributed by atoms with Crippen LogP contribution in [0.15, 0.2) is 23.2 Å². The maximum Gasteiger partial charge on any atom is 0.161 e. The fraction of sp³-hybridized carbons (Fsp3) is 0.364. The lowest BCUT2D eigenvalue weighted by Crippen LogP contribution is -2.07. The molecule has 1 heterocycles. The highest BCUT2D eigenvalue weighted by Crippen LogP contribution is 2.30. The summed E-state index contributed by atoms with van der Waals surface area (Å²) in [4.78, 5) is 4.39. The van der Waals surface area contributed by atoms with E-state index < -0.39 is 0 Å². The number of aliphatic imine (C=N–C) groups is 1. The Morgan fingerprint density at radius 1 is 1.56 bits per heavy atom. The quantitative estimate of drug-likeness (QED) is 0.882. The van der Waals surface area contributed by atoms with Gasteiger partial charge in [-0.1, -0.05) is 30.3 Å². The maximum atomic E-state index is 5.95. The van der Waals surface area contributed by atoms with Crippen molar-refractivity contribution in [3.8, 4) is 5.75 Å². The van der Waals surface area contributed by atoms with Gasteiger partial charge in [-0.25, -0.2) is 0 Å². The molecule has 0 fully saturated rings. The Morgan fingerprint density at radius 3 is 3.00 bits per heavy atom. The first-order valence-corrected chi connectivity index (χ1v) is 6.26. The van der Waals surface area contributed by atoms with Gasteiger partial charge < -0.3 is 10.1 Å². The highest BCUT2D eigenvalue weighted by atomic mass is 35.5. The van der Waals surface area contributed by atoms with E-state index in [0.717, 1.165) is 23.1 Å². The number of nitrogens with zero attached hydrogens (tertiary/aromatic N) is 1. The topological polar surface area (TPSA) is 33.6 Å². The number of hydrogen-bond acceptors (Lipinski definition) is 4. The molecule has 0 saturated heterocycles. The Balaban J connectivity index is 2.17. The molecule has 86 valence electrons. The normalized spacial score (nSPS) is 19.4. The third kappa shape index (κ3) is 2.62. The van der Waals surface area contributed by atoms with Crippen LogP contribution in [0.25, 0.3) is 0 Å². The molecule has 0 spiro atoms. The SMILES string of the molecule is COc1ccc(Cl)cc1NC1=NC[C@@H](C)S1. The van der Waals surface area contributed by atoms with E-state index >= 15 is 0 Å². The summed E-state index contributed by atoms with van der Waals surface area (Å²) in [6.07, 6.45) is 0. The second kappa shape index (κ2) is 4.97. The molecule has 1 N–H and O–H groups in total. The van der Waals surface area contributed by atoms with Crippen LogP contribution in [-0.4, -0.2) is 24.1 Å². The maximum absolute atomic E-state index is 5.95. The lowest BCUT2D eigenvalue weighted by atomic mass is 10.3. The zero-order valence-corrected chi connectivity index (χ0v) is 10.7. The summed E-state index contributed by atoms with van der Waals surface area (Å²) in [5.74, 6) is 0.771. The summed E-state index contributed by atoms with van der Waals surface area (Å²) >= 11 is 7.67. The van der Waals surface area contributed by atoms with E-state index in [-0.39, 0.29) is 0 Å². The minimum Gasteiger partial charge on any atom is -0.495 e. The van der Waals surface area contributed by atoms with E-state index in [0.29, 0.717) is 10.3 Å². The summed E-state index contributed by atoms with van der Waals surface area (Å²) in [5, 5.41) is 5.37. The van der Waals surface area contributed by atoms with Gasteiger partial charge in [0, 0.05) is 10.3 Å². The van der Waals surface area contributed by atoms with E-state index in [1.807, 2.05) is 12.1 Å². The Hall–Kier alpha value is -0.870. The van der Waals surface area contributed by atoms with Gasteiger partial charge in [-0.15, -0.1) is 0 Å². The molecule has 1 aliphatic rings. The molecule has 0 aromatic heterocycles. The van der Waals surface area contributed by atoms with Crippen molar-refractivity contribution in [3.05, 3.63) is 23.2 Å². The Kier molecular flexibility index (Phi) is 3.61. The molecule has 2 rings (SSSR count). The van der Waals surface area contributed by atoms with Crippen LogP contribution < -0.4 is 10.1 Å². The molecule has 1 aromatic rings. The molecule has 1 aliphatic heterocycles. The van der Waals surface area contributed by atoms with Crippen LogP contribution in [0.2, 0.25) is 5.02 Å². The molecule has 0 bridgehead atoms. The average Bonchev–Trinajstić information content (AvgIpc) is 2.64. The van der Waals surface area contributed by atoms with Gasteiger partial charge in [0.1, 0.15) is 5.75 Å². The van der Waals surface area contributed by atoms with Crippen molar-refractivity contribution in [2.24, 2.45) is 4.99 Å². The van der Waals surface area contributed by atoms with E-state index in [1.54, 1.807) is 24.9 Å². The van der Waals surface area contributed by atoms with Gasteiger partial charge in [-0.05, 0) is 18.2 Å². The molecular weight excluding hydrogens is 244 g/mol. The van der Waals surface area contributed by atoms with Crippen LogP contribution in [0.1, 0.15) is 6.92 Å². The van der Waals surface area contributed by atoms with Gasteiger partial charge >= 0.3 is 0 Å². The third-order valence-electron chi connectivity index (χ3n) is 2.21. The zero-order valence-electron chi connectivity index (χ0n) is 9.16. The first-order valence-electron chi connectivity index (χ1n) is 5.00. The summed E-state index contributed by atoms with van der Waals surface area (Å²) < 4.78 is 5.25. The number of amidine groups is 1. The Labute approximate surface area is 104 Å². The van der Waals surface area contributed by atoms with Crippen molar-refractivity contribution < 1.29 is 4.74 Å². The number of benzene rings is 1. The average molecular weight is 257 g/mol. The Morgan fingerprint density at radius 2 is 2.38 bits per heavy atom. The van der Waals surface area contributed by atoms with Crippen LogP contribution in [0.5, 0.6) is 5.75 Å². The standard InChI is InChI=1S/C11H13ClN2OS/c1-7-6-13-11(16-7)14-9-5-8(12)3-4-10(9)15-2/h3-5,7H,6H2,1-2H3,(H,13,14)/t7-/m1/s1. The summed E-state index contributed by atoms with van der Waals surface area (Å²) in [5.41, 5.74) is 0.857. The van der Waals surface area contributed by atoms with E-state index in [9.17, 15) is 0 Å². The number of ether oxygens (including phenoxy) is 1. The second-order valence-electron chi connectivity index (χ2n) is 3.54. The monoisotopic (exact) mass is 256 g/mol. The minimum absolute atomic E-state index is 0.535. The lowest BCUT2D eigenvalue weighted by Gasteiger charge is -2.11. The number of hydrogen-bond donors (Lipinski definition) is 1. The van der Waals surface area contributed by atoms with Crippen molar-refractivity contribution in [1.82, 2.24) is 0 Å². The van der Waals surface area contributed by atoms with Crippen LogP contribution in [0.4, 0.5) is 5.69 Å². The summed E-state index contributed by atoms with van der Waals surface area (Å²) in [7, 11) is 1.64. The van der Waals surface area contributed by atoms with Crippen LogP contribution >= 0.6 is 23.4 Å². The molecule has 0 amide bonds. The highest BCUT2D eigenvalue weighted by molar-refractivity contribution is 8.15. The minimum atomic E-state index is 0.535.